The van der Waals surface area contributed by atoms with Gasteiger partial charge in [0.25, 0.3) is 0 Å². The molecule has 5 nitrogen and oxygen atoms in total. The maximum absolute atomic E-state index is 13.1. The zero-order chi connectivity index (χ0) is 16.6. The summed E-state index contributed by atoms with van der Waals surface area (Å²) in [5.41, 5.74) is -1.31. The fourth-order valence-electron chi connectivity index (χ4n) is 2.15. The van der Waals surface area contributed by atoms with Gasteiger partial charge in [-0.05, 0) is 25.0 Å². The fourth-order valence-corrected chi connectivity index (χ4v) is 2.15. The van der Waals surface area contributed by atoms with Crippen molar-refractivity contribution in [3.63, 3.8) is 0 Å². The largest absolute Gasteiger partial charge is 0.443 e. The highest BCUT2D eigenvalue weighted by Gasteiger charge is 2.34. The van der Waals surface area contributed by atoms with Crippen LogP contribution in [0, 0.1) is 17.2 Å². The first-order valence-corrected chi connectivity index (χ1v) is 6.75. The van der Waals surface area contributed by atoms with E-state index in [4.69, 9.17) is 4.42 Å². The summed E-state index contributed by atoms with van der Waals surface area (Å²) in [5.74, 6) is -0.566. The van der Waals surface area contributed by atoms with Gasteiger partial charge in [-0.3, -0.25) is 4.79 Å². The van der Waals surface area contributed by atoms with E-state index in [2.05, 4.69) is 10.3 Å². The van der Waals surface area contributed by atoms with E-state index in [1.54, 1.807) is 0 Å². The van der Waals surface area contributed by atoms with Gasteiger partial charge in [0, 0.05) is 11.5 Å². The van der Waals surface area contributed by atoms with Gasteiger partial charge in [-0.2, -0.15) is 18.4 Å². The predicted molar refractivity (Wildman–Crippen MR) is 73.0 cm³/mol. The number of hydrogen-bond acceptors (Lipinski definition) is 4. The summed E-state index contributed by atoms with van der Waals surface area (Å²) >= 11 is 0. The molecule has 0 aliphatic heterocycles. The number of anilines is 1. The molecule has 1 heterocycles. The van der Waals surface area contributed by atoms with Crippen LogP contribution in [0.15, 0.2) is 29.1 Å². The van der Waals surface area contributed by atoms with Crippen LogP contribution >= 0.6 is 0 Å². The van der Waals surface area contributed by atoms with Crippen LogP contribution in [-0.2, 0) is 11.0 Å². The number of rotatable bonds is 3. The van der Waals surface area contributed by atoms with Gasteiger partial charge in [-0.25, -0.2) is 4.98 Å². The van der Waals surface area contributed by atoms with E-state index in [0.717, 1.165) is 18.5 Å². The van der Waals surface area contributed by atoms with Crippen molar-refractivity contribution >= 4 is 11.6 Å². The third-order valence-corrected chi connectivity index (χ3v) is 3.48. The molecule has 8 heteroatoms. The van der Waals surface area contributed by atoms with Crippen molar-refractivity contribution in [2.75, 3.05) is 5.32 Å². The highest BCUT2D eigenvalue weighted by Crippen LogP contribution is 2.38. The molecule has 3 rings (SSSR count). The Morgan fingerprint density at radius 1 is 1.39 bits per heavy atom. The van der Waals surface area contributed by atoms with Gasteiger partial charge in [0.05, 0.1) is 23.0 Å². The van der Waals surface area contributed by atoms with Gasteiger partial charge in [0.15, 0.2) is 12.2 Å². The average molecular weight is 321 g/mol. The minimum Gasteiger partial charge on any atom is -0.443 e. The molecule has 0 saturated heterocycles. The summed E-state index contributed by atoms with van der Waals surface area (Å²) in [6.45, 7) is 0. The summed E-state index contributed by atoms with van der Waals surface area (Å²) in [5, 5.41) is 11.7. The molecule has 23 heavy (non-hydrogen) atoms. The van der Waals surface area contributed by atoms with Crippen molar-refractivity contribution in [2.45, 2.75) is 19.0 Å². The lowest BCUT2D eigenvalue weighted by atomic mass is 10.00. The Morgan fingerprint density at radius 3 is 2.65 bits per heavy atom. The molecule has 0 spiro atoms. The van der Waals surface area contributed by atoms with Crippen molar-refractivity contribution < 1.29 is 22.4 Å². The molecule has 0 atom stereocenters. The smallest absolute Gasteiger partial charge is 0.416 e. The van der Waals surface area contributed by atoms with E-state index < -0.39 is 11.7 Å². The number of benzene rings is 1. The summed E-state index contributed by atoms with van der Waals surface area (Å²) in [4.78, 5) is 15.5. The number of carbonyl (C=O) groups excluding carboxylic acids is 1. The number of oxazole rings is 1. The number of nitriles is 1. The second-order valence-electron chi connectivity index (χ2n) is 5.19. The number of aromatic nitrogens is 1. The lowest BCUT2D eigenvalue weighted by Crippen LogP contribution is -2.16. The predicted octanol–water partition coefficient (Wildman–Crippen LogP) is 3.58. The van der Waals surface area contributed by atoms with E-state index in [-0.39, 0.29) is 34.4 Å². The molecule has 0 radical (unpaired) electrons. The van der Waals surface area contributed by atoms with Crippen LogP contribution in [0.4, 0.5) is 18.9 Å². The number of carbonyl (C=O) groups is 1. The first kappa shape index (κ1) is 15.1. The molecule has 1 N–H and O–H groups in total. The number of hydrogen-bond donors (Lipinski definition) is 1. The molecule has 1 aromatic heterocycles. The van der Waals surface area contributed by atoms with Gasteiger partial charge >= 0.3 is 6.18 Å². The van der Waals surface area contributed by atoms with Gasteiger partial charge in [-0.15, -0.1) is 0 Å². The zero-order valence-corrected chi connectivity index (χ0v) is 11.6. The van der Waals surface area contributed by atoms with Crippen LogP contribution in [0.25, 0.3) is 11.3 Å². The lowest BCUT2D eigenvalue weighted by Gasteiger charge is -2.14. The van der Waals surface area contributed by atoms with Crippen molar-refractivity contribution in [3.8, 4) is 17.4 Å². The second kappa shape index (κ2) is 5.43. The normalized spacial score (nSPS) is 14.3. The second-order valence-corrected chi connectivity index (χ2v) is 5.19. The average Bonchev–Trinajstić information content (AvgIpc) is 3.21. The highest BCUT2D eigenvalue weighted by atomic mass is 19.4. The van der Waals surface area contributed by atoms with Gasteiger partial charge in [0.2, 0.25) is 5.91 Å². The minimum atomic E-state index is -4.62. The fraction of sp³-hybridized carbons (Fsp3) is 0.267. The first-order valence-electron chi connectivity index (χ1n) is 6.75. The van der Waals surface area contributed by atoms with Crippen LogP contribution in [0.2, 0.25) is 0 Å². The number of alkyl halides is 3. The molecule has 118 valence electrons. The summed E-state index contributed by atoms with van der Waals surface area (Å²) in [7, 11) is 0. The van der Waals surface area contributed by atoms with Crippen molar-refractivity contribution in [1.29, 1.82) is 5.26 Å². The van der Waals surface area contributed by atoms with E-state index >= 15 is 0 Å². The molecule has 1 aliphatic carbocycles. The monoisotopic (exact) mass is 321 g/mol. The Morgan fingerprint density at radius 2 is 2.13 bits per heavy atom. The molecular formula is C15H10F3N3O2. The van der Waals surface area contributed by atoms with Crippen LogP contribution in [-0.4, -0.2) is 10.9 Å². The van der Waals surface area contributed by atoms with Crippen LogP contribution in [0.3, 0.4) is 0 Å². The molecule has 1 fully saturated rings. The molecular weight excluding hydrogens is 311 g/mol. The Kier molecular flexibility index (Phi) is 3.56. The number of nitrogens with zero attached hydrogens (tertiary/aromatic N) is 2. The van der Waals surface area contributed by atoms with Crippen molar-refractivity contribution in [3.05, 3.63) is 35.9 Å². The van der Waals surface area contributed by atoms with Gasteiger partial charge in [0.1, 0.15) is 6.07 Å². The van der Waals surface area contributed by atoms with Crippen LogP contribution in [0.1, 0.15) is 24.0 Å². The standard InChI is InChI=1S/C15H10F3N3O2/c16-15(17,18)9-3-10(13-6-20-7-23-13)11(5-19)12(4-9)21-14(22)8-1-2-8/h3-4,6-8H,1-2H2,(H,21,22). The summed E-state index contributed by atoms with van der Waals surface area (Å²) in [6.07, 6.45) is -0.965. The molecule has 2 aromatic rings. The maximum Gasteiger partial charge on any atom is 0.416 e. The molecule has 1 aliphatic rings. The highest BCUT2D eigenvalue weighted by molar-refractivity contribution is 5.96. The zero-order valence-electron chi connectivity index (χ0n) is 11.6. The van der Waals surface area contributed by atoms with Crippen molar-refractivity contribution in [1.82, 2.24) is 4.98 Å². The topological polar surface area (TPSA) is 78.9 Å². The first-order chi connectivity index (χ1) is 10.9. The molecule has 1 aromatic carbocycles. The van der Waals surface area contributed by atoms with Crippen molar-refractivity contribution in [2.24, 2.45) is 5.92 Å². The number of halogens is 3. The summed E-state index contributed by atoms with van der Waals surface area (Å²) in [6, 6.07) is 3.40. The van der Waals surface area contributed by atoms with E-state index in [9.17, 15) is 23.2 Å². The van der Waals surface area contributed by atoms with Crippen LogP contribution in [0.5, 0.6) is 0 Å². The molecule has 1 amide bonds. The Bertz CT molecular complexity index is 788. The Balaban J connectivity index is 2.14. The summed E-state index contributed by atoms with van der Waals surface area (Å²) < 4.78 is 44.3. The molecule has 1 saturated carbocycles. The third-order valence-electron chi connectivity index (χ3n) is 3.48. The minimum absolute atomic E-state index is 0.0228. The van der Waals surface area contributed by atoms with E-state index in [1.807, 2.05) is 6.07 Å². The Labute approximate surface area is 128 Å². The molecule has 0 bridgehead atoms. The molecule has 0 unspecified atom stereocenters. The van der Waals surface area contributed by atoms with Crippen LogP contribution < -0.4 is 5.32 Å². The Hall–Kier alpha value is -2.82. The van der Waals surface area contributed by atoms with Gasteiger partial charge < -0.3 is 9.73 Å². The lowest BCUT2D eigenvalue weighted by molar-refractivity contribution is -0.137. The van der Waals surface area contributed by atoms with Gasteiger partial charge in [-0.1, -0.05) is 0 Å². The quantitative estimate of drug-likeness (QED) is 0.937. The third kappa shape index (κ3) is 3.04. The number of nitrogens with one attached hydrogen (secondary N) is 1. The SMILES string of the molecule is N#Cc1c(NC(=O)C2CC2)cc(C(F)(F)F)cc1-c1cnco1. The van der Waals surface area contributed by atoms with E-state index in [1.165, 1.54) is 6.20 Å². The van der Waals surface area contributed by atoms with E-state index in [0.29, 0.717) is 12.8 Å². The maximum atomic E-state index is 13.1. The number of amides is 1.